The smallest absolute Gasteiger partial charge is 0.249 e. The number of nitrogens with zero attached hydrogens (tertiary/aromatic N) is 4. The average molecular weight is 503 g/mol. The van der Waals surface area contributed by atoms with Gasteiger partial charge in [0.1, 0.15) is 12.6 Å². The summed E-state index contributed by atoms with van der Waals surface area (Å²) in [6, 6.07) is 7.41. The van der Waals surface area contributed by atoms with Crippen molar-refractivity contribution >= 4 is 27.7 Å². The first-order valence-corrected chi connectivity index (χ1v) is 12.1. The summed E-state index contributed by atoms with van der Waals surface area (Å²) in [5.74, 6) is 0.852. The van der Waals surface area contributed by atoms with Crippen molar-refractivity contribution in [3.05, 3.63) is 47.3 Å². The molecule has 7 nitrogen and oxygen atoms in total. The Labute approximate surface area is 198 Å². The van der Waals surface area contributed by atoms with Crippen LogP contribution in [0.25, 0.3) is 11.4 Å². The summed E-state index contributed by atoms with van der Waals surface area (Å²) < 4.78 is 6.55. The van der Waals surface area contributed by atoms with Crippen molar-refractivity contribution in [1.82, 2.24) is 19.9 Å². The Hall–Kier alpha value is -2.48. The minimum Gasteiger partial charge on any atom is -0.337 e. The van der Waals surface area contributed by atoms with Crippen molar-refractivity contribution in [2.24, 2.45) is 0 Å². The van der Waals surface area contributed by atoms with Crippen LogP contribution in [-0.4, -0.2) is 51.4 Å². The molecule has 1 aliphatic rings. The van der Waals surface area contributed by atoms with Gasteiger partial charge in [-0.05, 0) is 49.9 Å². The SMILES string of the molecule is C=CCN(CC(=O)N1CCCCC1c1nc(-c2ccc(Br)cc2)no1)C(=O)CCCCC. The highest BCUT2D eigenvalue weighted by atomic mass is 79.9. The second kappa shape index (κ2) is 11.9. The molecule has 0 saturated carbocycles. The molecule has 1 aliphatic heterocycles. The number of unbranched alkanes of at least 4 members (excludes halogenated alkanes) is 2. The topological polar surface area (TPSA) is 79.5 Å². The Morgan fingerprint density at radius 1 is 1.28 bits per heavy atom. The average Bonchev–Trinajstić information content (AvgIpc) is 3.29. The molecule has 0 bridgehead atoms. The zero-order chi connectivity index (χ0) is 22.9. The van der Waals surface area contributed by atoms with E-state index in [4.69, 9.17) is 4.52 Å². The van der Waals surface area contributed by atoms with Gasteiger partial charge in [0.2, 0.25) is 23.5 Å². The number of halogens is 1. The van der Waals surface area contributed by atoms with Gasteiger partial charge in [-0.2, -0.15) is 4.98 Å². The summed E-state index contributed by atoms with van der Waals surface area (Å²) in [5, 5.41) is 4.13. The van der Waals surface area contributed by atoms with Crippen LogP contribution in [0, 0.1) is 0 Å². The van der Waals surface area contributed by atoms with Gasteiger partial charge in [-0.1, -0.05) is 46.9 Å². The third kappa shape index (κ3) is 6.28. The fourth-order valence-corrected chi connectivity index (χ4v) is 4.19. The van der Waals surface area contributed by atoms with Crippen molar-refractivity contribution in [1.29, 1.82) is 0 Å². The molecular weight excluding hydrogens is 472 g/mol. The van der Waals surface area contributed by atoms with E-state index in [2.05, 4.69) is 39.6 Å². The second-order valence-electron chi connectivity index (χ2n) is 8.08. The molecule has 1 aromatic heterocycles. The first kappa shape index (κ1) is 24.2. The van der Waals surface area contributed by atoms with Crippen LogP contribution in [0.5, 0.6) is 0 Å². The molecule has 0 N–H and O–H groups in total. The van der Waals surface area contributed by atoms with Gasteiger partial charge in [0.05, 0.1) is 0 Å². The van der Waals surface area contributed by atoms with Crippen molar-refractivity contribution in [3.63, 3.8) is 0 Å². The lowest BCUT2D eigenvalue weighted by Crippen LogP contribution is -2.46. The van der Waals surface area contributed by atoms with Crippen molar-refractivity contribution in [3.8, 4) is 11.4 Å². The van der Waals surface area contributed by atoms with Crippen molar-refractivity contribution in [2.45, 2.75) is 57.9 Å². The fourth-order valence-electron chi connectivity index (χ4n) is 3.92. The summed E-state index contributed by atoms with van der Waals surface area (Å²) in [7, 11) is 0. The van der Waals surface area contributed by atoms with Gasteiger partial charge < -0.3 is 14.3 Å². The minimum absolute atomic E-state index is 0.00410. The maximum atomic E-state index is 13.2. The molecule has 0 aliphatic carbocycles. The summed E-state index contributed by atoms with van der Waals surface area (Å²) in [4.78, 5) is 33.8. The Morgan fingerprint density at radius 2 is 2.06 bits per heavy atom. The first-order chi connectivity index (χ1) is 15.5. The predicted molar refractivity (Wildman–Crippen MR) is 127 cm³/mol. The Balaban J connectivity index is 1.71. The van der Waals surface area contributed by atoms with Crippen LogP contribution in [-0.2, 0) is 9.59 Å². The van der Waals surface area contributed by atoms with Crippen LogP contribution in [0.2, 0.25) is 0 Å². The molecule has 0 spiro atoms. The van der Waals surface area contributed by atoms with Gasteiger partial charge in [-0.15, -0.1) is 6.58 Å². The Bertz CT molecular complexity index is 912. The largest absolute Gasteiger partial charge is 0.337 e. The number of hydrogen-bond acceptors (Lipinski definition) is 5. The number of carbonyl (C=O) groups excluding carboxylic acids is 2. The quantitative estimate of drug-likeness (QED) is 0.331. The van der Waals surface area contributed by atoms with Gasteiger partial charge in [-0.25, -0.2) is 0 Å². The van der Waals surface area contributed by atoms with E-state index in [9.17, 15) is 9.59 Å². The van der Waals surface area contributed by atoms with E-state index in [1.807, 2.05) is 24.3 Å². The number of benzene rings is 1. The molecule has 2 aromatic rings. The van der Waals surface area contributed by atoms with Crippen LogP contribution in [0.4, 0.5) is 0 Å². The molecule has 8 heteroatoms. The molecule has 1 unspecified atom stereocenters. The molecule has 1 saturated heterocycles. The molecule has 2 heterocycles. The van der Waals surface area contributed by atoms with Crippen LogP contribution >= 0.6 is 15.9 Å². The third-order valence-corrected chi connectivity index (χ3v) is 6.20. The van der Waals surface area contributed by atoms with E-state index in [1.165, 1.54) is 0 Å². The van der Waals surface area contributed by atoms with E-state index in [-0.39, 0.29) is 24.4 Å². The third-order valence-electron chi connectivity index (χ3n) is 5.67. The monoisotopic (exact) mass is 502 g/mol. The molecule has 1 atom stereocenters. The highest BCUT2D eigenvalue weighted by Gasteiger charge is 2.33. The van der Waals surface area contributed by atoms with Gasteiger partial charge in [0.25, 0.3) is 0 Å². The van der Waals surface area contributed by atoms with Crippen molar-refractivity contribution < 1.29 is 14.1 Å². The van der Waals surface area contributed by atoms with Crippen LogP contribution in [0.15, 0.2) is 45.9 Å². The fraction of sp³-hybridized carbons (Fsp3) is 0.500. The zero-order valence-electron chi connectivity index (χ0n) is 18.6. The standard InChI is InChI=1S/C24H31BrN4O3/c1-3-5-6-10-21(30)28(15-4-2)17-22(31)29-16-8-7-9-20(29)24-26-23(27-32-24)18-11-13-19(25)14-12-18/h4,11-14,20H,2-3,5-10,15-17H2,1H3. The summed E-state index contributed by atoms with van der Waals surface area (Å²) in [6.07, 6.45) is 7.69. The van der Waals surface area contributed by atoms with Crippen LogP contribution in [0.3, 0.4) is 0 Å². The highest BCUT2D eigenvalue weighted by Crippen LogP contribution is 2.31. The highest BCUT2D eigenvalue weighted by molar-refractivity contribution is 9.10. The summed E-state index contributed by atoms with van der Waals surface area (Å²) >= 11 is 3.43. The predicted octanol–water partition coefficient (Wildman–Crippen LogP) is 5.15. The van der Waals surface area contributed by atoms with E-state index in [0.29, 0.717) is 31.2 Å². The van der Waals surface area contributed by atoms with Crippen LogP contribution in [0.1, 0.15) is 63.8 Å². The number of aromatic nitrogens is 2. The first-order valence-electron chi connectivity index (χ1n) is 11.3. The second-order valence-corrected chi connectivity index (χ2v) is 9.00. The van der Waals surface area contributed by atoms with E-state index < -0.39 is 0 Å². The summed E-state index contributed by atoms with van der Waals surface area (Å²) in [5.41, 5.74) is 0.853. The minimum atomic E-state index is -0.270. The van der Waals surface area contributed by atoms with Crippen molar-refractivity contribution in [2.75, 3.05) is 19.6 Å². The van der Waals surface area contributed by atoms with E-state index in [1.54, 1.807) is 15.9 Å². The van der Waals surface area contributed by atoms with E-state index in [0.717, 1.165) is 48.6 Å². The maximum absolute atomic E-state index is 13.2. The maximum Gasteiger partial charge on any atom is 0.249 e. The normalized spacial score (nSPS) is 16.1. The van der Waals surface area contributed by atoms with Gasteiger partial charge in [0, 0.05) is 29.5 Å². The van der Waals surface area contributed by atoms with Gasteiger partial charge in [-0.3, -0.25) is 9.59 Å². The molecule has 1 aromatic carbocycles. The molecule has 32 heavy (non-hydrogen) atoms. The number of likely N-dealkylation sites (tertiary alicyclic amines) is 1. The lowest BCUT2D eigenvalue weighted by Gasteiger charge is -2.35. The Morgan fingerprint density at radius 3 is 2.78 bits per heavy atom. The van der Waals surface area contributed by atoms with E-state index >= 15 is 0 Å². The number of carbonyl (C=O) groups is 2. The molecule has 1 fully saturated rings. The Kier molecular flexibility index (Phi) is 9.02. The van der Waals surface area contributed by atoms with Crippen LogP contribution < -0.4 is 0 Å². The van der Waals surface area contributed by atoms with Gasteiger partial charge in [0.15, 0.2) is 0 Å². The number of piperidine rings is 1. The lowest BCUT2D eigenvalue weighted by atomic mass is 10.0. The lowest BCUT2D eigenvalue weighted by molar-refractivity contribution is -0.143. The number of amides is 2. The zero-order valence-corrected chi connectivity index (χ0v) is 20.2. The summed E-state index contributed by atoms with van der Waals surface area (Å²) in [6.45, 7) is 6.87. The molecular formula is C24H31BrN4O3. The molecule has 172 valence electrons. The molecule has 0 radical (unpaired) electrons. The number of hydrogen-bond donors (Lipinski definition) is 0. The molecule has 2 amide bonds. The molecule has 3 rings (SSSR count). The number of rotatable bonds is 10. The van der Waals surface area contributed by atoms with Gasteiger partial charge >= 0.3 is 0 Å².